The maximum absolute atomic E-state index is 13.0. The summed E-state index contributed by atoms with van der Waals surface area (Å²) in [5.74, 6) is -0.337. The molecule has 1 heterocycles. The molecule has 28 heavy (non-hydrogen) atoms. The number of hydrogen-bond donors (Lipinski definition) is 1. The van der Waals surface area contributed by atoms with Gasteiger partial charge in [-0.05, 0) is 48.9 Å². The van der Waals surface area contributed by atoms with Gasteiger partial charge in [0, 0.05) is 16.8 Å². The predicted molar refractivity (Wildman–Crippen MR) is 108 cm³/mol. The average Bonchev–Trinajstić information content (AvgIpc) is 2.71. The van der Waals surface area contributed by atoms with E-state index in [-0.39, 0.29) is 12.5 Å². The third kappa shape index (κ3) is 3.74. The van der Waals surface area contributed by atoms with Gasteiger partial charge in [0.05, 0.1) is 11.1 Å². The minimum Gasteiger partial charge on any atom is -0.452 e. The minimum absolute atomic E-state index is 0.325. The molecule has 0 saturated carbocycles. The standard InChI is InChI=1S/C23H22N2O3/c1-15-11-12-20-18(13-15)22(17-9-5-6-10-19(17)25-20)23(27)28-14-21(26)24-16-7-3-2-4-8-16/h2-10,15H,11-14H2,1H3,(H,24,26)/t15-/m0/s1. The van der Waals surface area contributed by atoms with Gasteiger partial charge in [-0.3, -0.25) is 9.78 Å². The van der Waals surface area contributed by atoms with Gasteiger partial charge < -0.3 is 10.1 Å². The molecular formula is C23H22N2O3. The molecule has 4 rings (SSSR count). The zero-order chi connectivity index (χ0) is 19.5. The van der Waals surface area contributed by atoms with Gasteiger partial charge in [0.25, 0.3) is 5.91 Å². The van der Waals surface area contributed by atoms with Crippen molar-refractivity contribution in [3.8, 4) is 0 Å². The molecule has 0 aliphatic heterocycles. The van der Waals surface area contributed by atoms with Crippen LogP contribution in [0.2, 0.25) is 0 Å². The molecule has 1 aliphatic carbocycles. The van der Waals surface area contributed by atoms with E-state index in [1.54, 1.807) is 12.1 Å². The van der Waals surface area contributed by atoms with Crippen LogP contribution in [0.5, 0.6) is 0 Å². The summed E-state index contributed by atoms with van der Waals surface area (Å²) < 4.78 is 5.39. The highest BCUT2D eigenvalue weighted by Gasteiger charge is 2.26. The Morgan fingerprint density at radius 2 is 1.86 bits per heavy atom. The lowest BCUT2D eigenvalue weighted by Crippen LogP contribution is -2.23. The van der Waals surface area contributed by atoms with Crippen molar-refractivity contribution in [3.63, 3.8) is 0 Å². The number of esters is 1. The van der Waals surface area contributed by atoms with E-state index in [2.05, 4.69) is 12.2 Å². The molecule has 142 valence electrons. The molecule has 0 radical (unpaired) electrons. The van der Waals surface area contributed by atoms with Gasteiger partial charge in [-0.15, -0.1) is 0 Å². The van der Waals surface area contributed by atoms with Crippen molar-refractivity contribution in [1.29, 1.82) is 0 Å². The topological polar surface area (TPSA) is 68.3 Å². The number of aromatic nitrogens is 1. The van der Waals surface area contributed by atoms with E-state index in [1.165, 1.54) is 0 Å². The summed E-state index contributed by atoms with van der Waals surface area (Å²) in [7, 11) is 0. The van der Waals surface area contributed by atoms with Crippen LogP contribution in [0.25, 0.3) is 10.9 Å². The van der Waals surface area contributed by atoms with E-state index in [4.69, 9.17) is 9.72 Å². The van der Waals surface area contributed by atoms with Crippen molar-refractivity contribution >= 4 is 28.5 Å². The number of rotatable bonds is 4. The van der Waals surface area contributed by atoms with E-state index in [0.717, 1.165) is 41.4 Å². The summed E-state index contributed by atoms with van der Waals surface area (Å²) in [6.45, 7) is 1.86. The van der Waals surface area contributed by atoms with Crippen LogP contribution < -0.4 is 5.32 Å². The van der Waals surface area contributed by atoms with Crippen LogP contribution in [0.3, 0.4) is 0 Å². The second kappa shape index (κ2) is 7.80. The third-order valence-electron chi connectivity index (χ3n) is 5.10. The van der Waals surface area contributed by atoms with Crippen molar-refractivity contribution in [3.05, 3.63) is 71.4 Å². The first-order valence-corrected chi connectivity index (χ1v) is 9.54. The highest BCUT2D eigenvalue weighted by atomic mass is 16.5. The Morgan fingerprint density at radius 1 is 1.11 bits per heavy atom. The van der Waals surface area contributed by atoms with E-state index in [0.29, 0.717) is 17.2 Å². The normalized spacial score (nSPS) is 15.7. The molecule has 0 fully saturated rings. The van der Waals surface area contributed by atoms with Gasteiger partial charge >= 0.3 is 5.97 Å². The number of hydrogen-bond acceptors (Lipinski definition) is 4. The summed E-state index contributed by atoms with van der Waals surface area (Å²) in [5.41, 5.74) is 3.95. The summed E-state index contributed by atoms with van der Waals surface area (Å²) in [6, 6.07) is 16.7. The van der Waals surface area contributed by atoms with Crippen LogP contribution in [0.4, 0.5) is 5.69 Å². The van der Waals surface area contributed by atoms with Crippen molar-refractivity contribution in [2.45, 2.75) is 26.2 Å². The fraction of sp³-hybridized carbons (Fsp3) is 0.261. The quantitative estimate of drug-likeness (QED) is 0.697. The minimum atomic E-state index is -0.466. The SMILES string of the molecule is C[C@H]1CCc2nc3ccccc3c(C(=O)OCC(=O)Nc3ccccc3)c2C1. The van der Waals surface area contributed by atoms with E-state index in [1.807, 2.05) is 42.5 Å². The Hall–Kier alpha value is -3.21. The highest BCUT2D eigenvalue weighted by Crippen LogP contribution is 2.32. The number of pyridine rings is 1. The lowest BCUT2D eigenvalue weighted by atomic mass is 9.84. The smallest absolute Gasteiger partial charge is 0.339 e. The molecule has 1 aliphatic rings. The molecule has 0 spiro atoms. The first-order valence-electron chi connectivity index (χ1n) is 9.54. The number of para-hydroxylation sites is 2. The van der Waals surface area contributed by atoms with Gasteiger partial charge in [-0.1, -0.05) is 43.3 Å². The Labute approximate surface area is 163 Å². The monoisotopic (exact) mass is 374 g/mol. The van der Waals surface area contributed by atoms with Crippen LogP contribution >= 0.6 is 0 Å². The number of amides is 1. The van der Waals surface area contributed by atoms with Crippen molar-refractivity contribution < 1.29 is 14.3 Å². The zero-order valence-electron chi connectivity index (χ0n) is 15.8. The fourth-order valence-corrected chi connectivity index (χ4v) is 3.72. The molecule has 1 aromatic heterocycles. The predicted octanol–water partition coefficient (Wildman–Crippen LogP) is 4.16. The second-order valence-electron chi connectivity index (χ2n) is 7.27. The number of carbonyl (C=O) groups excluding carboxylic acids is 2. The Balaban J connectivity index is 1.58. The maximum atomic E-state index is 13.0. The molecule has 1 amide bonds. The van der Waals surface area contributed by atoms with Gasteiger partial charge in [0.1, 0.15) is 0 Å². The van der Waals surface area contributed by atoms with E-state index in [9.17, 15) is 9.59 Å². The summed E-state index contributed by atoms with van der Waals surface area (Å²) in [6.07, 6.45) is 2.72. The Bertz CT molecular complexity index is 1030. The number of ether oxygens (including phenoxy) is 1. The second-order valence-corrected chi connectivity index (χ2v) is 7.27. The number of benzene rings is 2. The lowest BCUT2D eigenvalue weighted by Gasteiger charge is -2.24. The van der Waals surface area contributed by atoms with Crippen LogP contribution in [0.15, 0.2) is 54.6 Å². The molecule has 0 saturated heterocycles. The summed E-state index contributed by atoms with van der Waals surface area (Å²) in [5, 5.41) is 3.51. The van der Waals surface area contributed by atoms with Gasteiger partial charge in [-0.25, -0.2) is 4.79 Å². The Morgan fingerprint density at radius 3 is 2.68 bits per heavy atom. The summed E-state index contributed by atoms with van der Waals surface area (Å²) >= 11 is 0. The van der Waals surface area contributed by atoms with Crippen LogP contribution in [0.1, 0.15) is 35.0 Å². The number of anilines is 1. The highest BCUT2D eigenvalue weighted by molar-refractivity contribution is 6.06. The van der Waals surface area contributed by atoms with E-state index >= 15 is 0 Å². The maximum Gasteiger partial charge on any atom is 0.339 e. The molecule has 2 aromatic carbocycles. The van der Waals surface area contributed by atoms with Crippen LogP contribution in [0, 0.1) is 5.92 Å². The Kier molecular flexibility index (Phi) is 5.06. The molecule has 5 heteroatoms. The van der Waals surface area contributed by atoms with Crippen molar-refractivity contribution in [2.24, 2.45) is 5.92 Å². The van der Waals surface area contributed by atoms with Gasteiger partial charge in [-0.2, -0.15) is 0 Å². The van der Waals surface area contributed by atoms with Crippen molar-refractivity contribution in [1.82, 2.24) is 4.98 Å². The summed E-state index contributed by atoms with van der Waals surface area (Å²) in [4.78, 5) is 29.9. The number of nitrogens with zero attached hydrogens (tertiary/aromatic N) is 1. The van der Waals surface area contributed by atoms with Crippen molar-refractivity contribution in [2.75, 3.05) is 11.9 Å². The van der Waals surface area contributed by atoms with Gasteiger partial charge in [0.15, 0.2) is 6.61 Å². The molecule has 1 N–H and O–H groups in total. The fourth-order valence-electron chi connectivity index (χ4n) is 3.72. The first kappa shape index (κ1) is 18.2. The third-order valence-corrected chi connectivity index (χ3v) is 5.10. The molecule has 1 atom stereocenters. The first-order chi connectivity index (χ1) is 13.6. The number of aryl methyl sites for hydroxylation is 1. The lowest BCUT2D eigenvalue weighted by molar-refractivity contribution is -0.119. The van der Waals surface area contributed by atoms with E-state index < -0.39 is 5.97 Å². The molecule has 0 unspecified atom stereocenters. The average molecular weight is 374 g/mol. The van der Waals surface area contributed by atoms with Crippen LogP contribution in [-0.2, 0) is 22.4 Å². The molecule has 3 aromatic rings. The van der Waals surface area contributed by atoms with Crippen LogP contribution in [-0.4, -0.2) is 23.5 Å². The largest absolute Gasteiger partial charge is 0.452 e. The number of nitrogens with one attached hydrogen (secondary N) is 1. The number of fused-ring (bicyclic) bond motifs is 2. The molecular weight excluding hydrogens is 352 g/mol. The van der Waals surface area contributed by atoms with Gasteiger partial charge in [0.2, 0.25) is 0 Å². The zero-order valence-corrected chi connectivity index (χ0v) is 15.8. The molecule has 5 nitrogen and oxygen atoms in total. The molecule has 0 bridgehead atoms. The number of carbonyl (C=O) groups is 2.